The molecule has 0 aliphatic carbocycles. The summed E-state index contributed by atoms with van der Waals surface area (Å²) in [6, 6.07) is 23.7. The van der Waals surface area contributed by atoms with Crippen molar-refractivity contribution in [1.82, 2.24) is 15.0 Å². The highest BCUT2D eigenvalue weighted by molar-refractivity contribution is 7.16. The van der Waals surface area contributed by atoms with E-state index in [1.807, 2.05) is 93.0 Å². The molecule has 0 bridgehead atoms. The minimum atomic E-state index is -0.927. The van der Waals surface area contributed by atoms with Crippen LogP contribution in [0.15, 0.2) is 72.8 Å². The third-order valence-corrected chi connectivity index (χ3v) is 9.30. The van der Waals surface area contributed by atoms with Gasteiger partial charge in [-0.2, -0.15) is 0 Å². The third kappa shape index (κ3) is 6.61. The minimum absolute atomic E-state index is 0.203. The zero-order chi connectivity index (χ0) is 30.6. The van der Waals surface area contributed by atoms with Crippen molar-refractivity contribution in [3.8, 4) is 5.75 Å². The van der Waals surface area contributed by atoms with Crippen molar-refractivity contribution in [3.05, 3.63) is 110 Å². The topological polar surface area (TPSA) is 75.5 Å². The molecule has 5 aromatic rings. The maximum atomic E-state index is 13.8. The smallest absolute Gasteiger partial charge is 0.312 e. The number of thiophene rings is 1. The number of aromatic nitrogens is 3. The summed E-state index contributed by atoms with van der Waals surface area (Å²) >= 11 is 8.28. The highest BCUT2D eigenvalue weighted by atomic mass is 35.5. The summed E-state index contributed by atoms with van der Waals surface area (Å²) in [4.78, 5) is 14.8. The molecule has 0 aliphatic rings. The van der Waals surface area contributed by atoms with Crippen LogP contribution in [0.25, 0.3) is 11.0 Å². The number of aryl methyl sites for hydroxylation is 2. The van der Waals surface area contributed by atoms with Crippen LogP contribution in [-0.4, -0.2) is 28.1 Å². The van der Waals surface area contributed by atoms with Gasteiger partial charge in [-0.3, -0.25) is 4.79 Å². The number of carbonyl (C=O) groups is 1. The van der Waals surface area contributed by atoms with Gasteiger partial charge in [0.25, 0.3) is 0 Å². The summed E-state index contributed by atoms with van der Waals surface area (Å²) in [6.45, 7) is 9.66. The number of methoxy groups -OCH3 is 1. The van der Waals surface area contributed by atoms with Crippen LogP contribution in [0.5, 0.6) is 5.75 Å². The molecular weight excluding hydrogens is 582 g/mol. The summed E-state index contributed by atoms with van der Waals surface area (Å²) in [7, 11) is 1.65. The summed E-state index contributed by atoms with van der Waals surface area (Å²) in [5, 5.41) is 8.81. The van der Waals surface area contributed by atoms with Gasteiger partial charge in [0.2, 0.25) is 0 Å². The van der Waals surface area contributed by atoms with Crippen LogP contribution in [0.3, 0.4) is 0 Å². The van der Waals surface area contributed by atoms with E-state index in [1.165, 1.54) is 11.3 Å². The molecule has 0 radical (unpaired) electrons. The normalized spacial score (nSPS) is 12.4. The van der Waals surface area contributed by atoms with Crippen molar-refractivity contribution >= 4 is 39.9 Å². The molecule has 0 aliphatic heterocycles. The molecule has 9 heteroatoms. The fourth-order valence-corrected chi connectivity index (χ4v) is 6.89. The van der Waals surface area contributed by atoms with Gasteiger partial charge in [0.15, 0.2) is 0 Å². The lowest BCUT2D eigenvalue weighted by Gasteiger charge is -2.33. The molecule has 0 saturated carbocycles. The van der Waals surface area contributed by atoms with E-state index in [4.69, 9.17) is 25.8 Å². The molecule has 0 amide bonds. The predicted molar refractivity (Wildman–Crippen MR) is 171 cm³/mol. The third-order valence-electron chi connectivity index (χ3n) is 7.80. The van der Waals surface area contributed by atoms with Crippen LogP contribution >= 0.6 is 22.9 Å². The first-order valence-corrected chi connectivity index (χ1v) is 15.4. The standard InChI is InChI=1S/C34H36ClN3O4S/c1-6-38-28-17-16-27(22(2)31(28)36-37-38)30(34(3,4)33(39)42-20-23-10-8-7-9-11-23)29-18-25(32(35)43-29)21-41-19-24-12-14-26(40-5)15-13-24/h7-18,30H,6,19-21H2,1-5H3/t30-/m0/s1. The molecule has 0 N–H and O–H groups in total. The average molecular weight is 618 g/mol. The van der Waals surface area contributed by atoms with Gasteiger partial charge in [0, 0.05) is 22.9 Å². The van der Waals surface area contributed by atoms with Crippen molar-refractivity contribution in [2.24, 2.45) is 5.41 Å². The molecule has 224 valence electrons. The largest absolute Gasteiger partial charge is 0.497 e. The Hall–Kier alpha value is -3.72. The lowest BCUT2D eigenvalue weighted by Crippen LogP contribution is -2.34. The van der Waals surface area contributed by atoms with Crippen LogP contribution in [0, 0.1) is 12.3 Å². The fraction of sp³-hybridized carbons (Fsp3) is 0.324. The van der Waals surface area contributed by atoms with E-state index in [9.17, 15) is 4.79 Å². The zero-order valence-corrected chi connectivity index (χ0v) is 26.7. The van der Waals surface area contributed by atoms with E-state index in [1.54, 1.807) is 7.11 Å². The number of halogens is 1. The number of ether oxygens (including phenoxy) is 3. The summed E-state index contributed by atoms with van der Waals surface area (Å²) in [5.74, 6) is 0.167. The fourth-order valence-electron chi connectivity index (χ4n) is 5.32. The first kappa shape index (κ1) is 30.7. The zero-order valence-electron chi connectivity index (χ0n) is 25.1. The second-order valence-corrected chi connectivity index (χ2v) is 12.7. The number of hydrogen-bond donors (Lipinski definition) is 0. The Morgan fingerprint density at radius 3 is 2.42 bits per heavy atom. The molecule has 43 heavy (non-hydrogen) atoms. The van der Waals surface area contributed by atoms with Crippen molar-refractivity contribution < 1.29 is 19.0 Å². The Labute approximate surface area is 261 Å². The molecule has 7 nitrogen and oxygen atoms in total. The second-order valence-electron chi connectivity index (χ2n) is 11.1. The minimum Gasteiger partial charge on any atom is -0.497 e. The van der Waals surface area contributed by atoms with Crippen molar-refractivity contribution in [2.75, 3.05) is 7.11 Å². The first-order chi connectivity index (χ1) is 20.7. The molecule has 5 rings (SSSR count). The van der Waals surface area contributed by atoms with Crippen LogP contribution in [-0.2, 0) is 40.6 Å². The molecular formula is C34H36ClN3O4S. The molecule has 0 unspecified atom stereocenters. The molecule has 2 heterocycles. The van der Waals surface area contributed by atoms with Crippen LogP contribution in [0.1, 0.15) is 59.4 Å². The first-order valence-electron chi connectivity index (χ1n) is 14.3. The van der Waals surface area contributed by atoms with Gasteiger partial charge in [0.1, 0.15) is 17.9 Å². The van der Waals surface area contributed by atoms with E-state index in [2.05, 4.69) is 22.4 Å². The highest BCUT2D eigenvalue weighted by Gasteiger charge is 2.42. The van der Waals surface area contributed by atoms with Gasteiger partial charge in [0.05, 0.1) is 35.6 Å². The number of benzene rings is 3. The van der Waals surface area contributed by atoms with E-state index in [-0.39, 0.29) is 18.5 Å². The van der Waals surface area contributed by atoms with Gasteiger partial charge in [-0.05, 0) is 74.2 Å². The number of carbonyl (C=O) groups excluding carboxylic acids is 1. The van der Waals surface area contributed by atoms with E-state index < -0.39 is 5.41 Å². The molecule has 0 spiro atoms. The maximum Gasteiger partial charge on any atom is 0.312 e. The number of esters is 1. The van der Waals surface area contributed by atoms with E-state index >= 15 is 0 Å². The van der Waals surface area contributed by atoms with E-state index in [0.29, 0.717) is 17.6 Å². The quantitative estimate of drug-likeness (QED) is 0.132. The second kappa shape index (κ2) is 13.3. The van der Waals surface area contributed by atoms with Gasteiger partial charge in [-0.1, -0.05) is 65.3 Å². The highest BCUT2D eigenvalue weighted by Crippen LogP contribution is 2.48. The van der Waals surface area contributed by atoms with Gasteiger partial charge in [-0.25, -0.2) is 4.68 Å². The van der Waals surface area contributed by atoms with Gasteiger partial charge >= 0.3 is 5.97 Å². The SMILES string of the molecule is CCn1nnc2c(C)c([C@@H](c3cc(COCc4ccc(OC)cc4)c(Cl)s3)C(C)(C)C(=O)OCc3ccccc3)ccc21. The predicted octanol–water partition coefficient (Wildman–Crippen LogP) is 8.10. The monoisotopic (exact) mass is 617 g/mol. The summed E-state index contributed by atoms with van der Waals surface area (Å²) < 4.78 is 19.7. The van der Waals surface area contributed by atoms with E-state index in [0.717, 1.165) is 56.0 Å². The molecule has 0 fully saturated rings. The summed E-state index contributed by atoms with van der Waals surface area (Å²) in [5.41, 5.74) is 5.68. The van der Waals surface area contributed by atoms with Crippen molar-refractivity contribution in [1.29, 1.82) is 0 Å². The lowest BCUT2D eigenvalue weighted by molar-refractivity contribution is -0.156. The van der Waals surface area contributed by atoms with Crippen LogP contribution in [0.2, 0.25) is 4.34 Å². The Kier molecular flexibility index (Phi) is 9.49. The Morgan fingerprint density at radius 1 is 1.00 bits per heavy atom. The number of fused-ring (bicyclic) bond motifs is 1. The Bertz CT molecular complexity index is 1700. The average Bonchev–Trinajstić information content (AvgIpc) is 3.61. The van der Waals surface area contributed by atoms with Gasteiger partial charge in [-0.15, -0.1) is 16.4 Å². The molecule has 1 atom stereocenters. The maximum absolute atomic E-state index is 13.8. The van der Waals surface area contributed by atoms with Crippen LogP contribution in [0.4, 0.5) is 0 Å². The Morgan fingerprint density at radius 2 is 1.72 bits per heavy atom. The Balaban J connectivity index is 1.46. The van der Waals surface area contributed by atoms with Crippen LogP contribution < -0.4 is 4.74 Å². The lowest BCUT2D eigenvalue weighted by atomic mass is 9.72. The van der Waals surface area contributed by atoms with Gasteiger partial charge < -0.3 is 14.2 Å². The molecule has 3 aromatic carbocycles. The van der Waals surface area contributed by atoms with Crippen molar-refractivity contribution in [2.45, 2.75) is 60.0 Å². The number of rotatable bonds is 12. The summed E-state index contributed by atoms with van der Waals surface area (Å²) in [6.07, 6.45) is 0. The number of hydrogen-bond acceptors (Lipinski definition) is 7. The molecule has 2 aromatic heterocycles. The molecule has 0 saturated heterocycles. The number of nitrogens with zero attached hydrogens (tertiary/aromatic N) is 3. The van der Waals surface area contributed by atoms with Crippen molar-refractivity contribution in [3.63, 3.8) is 0 Å².